The van der Waals surface area contributed by atoms with Gasteiger partial charge < -0.3 is 15.6 Å². The normalized spacial score (nSPS) is 13.7. The second kappa shape index (κ2) is 7.81. The van der Waals surface area contributed by atoms with E-state index in [0.29, 0.717) is 6.42 Å². The molecule has 2 aromatic carbocycles. The van der Waals surface area contributed by atoms with E-state index >= 15 is 0 Å². The van der Waals surface area contributed by atoms with Crippen LogP contribution in [0.25, 0.3) is 0 Å². The van der Waals surface area contributed by atoms with Gasteiger partial charge in [0.05, 0.1) is 0 Å². The molecule has 3 heteroatoms. The van der Waals surface area contributed by atoms with Crippen LogP contribution in [0.4, 0.5) is 0 Å². The van der Waals surface area contributed by atoms with Gasteiger partial charge in [0.25, 0.3) is 0 Å². The molecule has 0 aliphatic rings. The van der Waals surface area contributed by atoms with Crippen LogP contribution < -0.4 is 10.5 Å². The van der Waals surface area contributed by atoms with E-state index in [4.69, 9.17) is 10.5 Å². The van der Waals surface area contributed by atoms with Crippen molar-refractivity contribution < 1.29 is 9.84 Å². The Labute approximate surface area is 126 Å². The summed E-state index contributed by atoms with van der Waals surface area (Å²) in [5.74, 6) is 1.76. The maximum Gasteiger partial charge on any atom is 0.127 e. The molecule has 0 saturated carbocycles. The summed E-state index contributed by atoms with van der Waals surface area (Å²) in [4.78, 5) is 0. The highest BCUT2D eigenvalue weighted by atomic mass is 16.5. The molecule has 0 fully saturated rings. The molecule has 112 valence electrons. The molecule has 0 aliphatic carbocycles. The molecule has 2 rings (SSSR count). The van der Waals surface area contributed by atoms with Gasteiger partial charge in [-0.3, -0.25) is 0 Å². The van der Waals surface area contributed by atoms with Gasteiger partial charge in [-0.2, -0.15) is 0 Å². The Bertz CT molecular complexity index is 542. The largest absolute Gasteiger partial charge is 0.457 e. The van der Waals surface area contributed by atoms with E-state index in [-0.39, 0.29) is 18.6 Å². The van der Waals surface area contributed by atoms with E-state index in [1.807, 2.05) is 54.6 Å². The number of para-hydroxylation sites is 1. The molecule has 0 bridgehead atoms. The average Bonchev–Trinajstić information content (AvgIpc) is 2.53. The lowest BCUT2D eigenvalue weighted by Crippen LogP contribution is -2.28. The van der Waals surface area contributed by atoms with Gasteiger partial charge in [0.15, 0.2) is 0 Å². The molecule has 3 nitrogen and oxygen atoms in total. The molecule has 0 amide bonds. The van der Waals surface area contributed by atoms with Gasteiger partial charge in [0.2, 0.25) is 0 Å². The van der Waals surface area contributed by atoms with Crippen LogP contribution in [0, 0.1) is 0 Å². The summed E-state index contributed by atoms with van der Waals surface area (Å²) in [6.07, 6.45) is 1.55. The number of hydrogen-bond acceptors (Lipinski definition) is 3. The lowest BCUT2D eigenvalue weighted by Gasteiger charge is -2.23. The summed E-state index contributed by atoms with van der Waals surface area (Å²) in [7, 11) is 0. The van der Waals surface area contributed by atoms with Crippen LogP contribution in [0.2, 0.25) is 0 Å². The molecule has 21 heavy (non-hydrogen) atoms. The quantitative estimate of drug-likeness (QED) is 0.816. The van der Waals surface area contributed by atoms with Crippen LogP contribution in [0.1, 0.15) is 31.2 Å². The lowest BCUT2D eigenvalue weighted by molar-refractivity contribution is 0.266. The molecule has 3 N–H and O–H groups in total. The molecule has 2 aromatic rings. The minimum atomic E-state index is 0.0455. The molecular formula is C18H23NO2. The van der Waals surface area contributed by atoms with Crippen molar-refractivity contribution in [3.8, 4) is 11.5 Å². The number of aliphatic hydroxyl groups is 1. The zero-order chi connectivity index (χ0) is 15.1. The van der Waals surface area contributed by atoms with E-state index in [2.05, 4.69) is 6.92 Å². The smallest absolute Gasteiger partial charge is 0.127 e. The fraction of sp³-hybridized carbons (Fsp3) is 0.333. The van der Waals surface area contributed by atoms with Gasteiger partial charge in [-0.25, -0.2) is 0 Å². The molecule has 0 saturated heterocycles. The monoisotopic (exact) mass is 285 g/mol. The van der Waals surface area contributed by atoms with Crippen LogP contribution >= 0.6 is 0 Å². The number of hydrogen-bond donors (Lipinski definition) is 2. The van der Waals surface area contributed by atoms with Crippen molar-refractivity contribution in [3.63, 3.8) is 0 Å². The van der Waals surface area contributed by atoms with Crippen LogP contribution in [-0.2, 0) is 0 Å². The van der Waals surface area contributed by atoms with E-state index in [9.17, 15) is 5.11 Å². The predicted octanol–water partition coefficient (Wildman–Crippen LogP) is 3.68. The molecule has 0 heterocycles. The zero-order valence-electron chi connectivity index (χ0n) is 12.4. The Morgan fingerprint density at radius 3 is 2.43 bits per heavy atom. The van der Waals surface area contributed by atoms with Crippen molar-refractivity contribution >= 4 is 0 Å². The Hall–Kier alpha value is -1.84. The fourth-order valence-corrected chi connectivity index (χ4v) is 2.48. The zero-order valence-corrected chi connectivity index (χ0v) is 12.4. The summed E-state index contributed by atoms with van der Waals surface area (Å²) < 4.78 is 5.86. The van der Waals surface area contributed by atoms with E-state index in [0.717, 1.165) is 23.5 Å². The minimum absolute atomic E-state index is 0.0455. The third-order valence-electron chi connectivity index (χ3n) is 3.69. The standard InChI is InChI=1S/C18H23NO2/c1-2-18(19)17(11-12-20)14-7-6-10-16(13-14)21-15-8-4-3-5-9-15/h3-10,13,17-18,20H,2,11-12,19H2,1H3. The topological polar surface area (TPSA) is 55.5 Å². The number of aliphatic hydroxyl groups excluding tert-OH is 1. The van der Waals surface area contributed by atoms with E-state index < -0.39 is 0 Å². The average molecular weight is 285 g/mol. The first-order valence-electron chi connectivity index (χ1n) is 7.44. The Morgan fingerprint density at radius 2 is 1.76 bits per heavy atom. The van der Waals surface area contributed by atoms with Gasteiger partial charge >= 0.3 is 0 Å². The van der Waals surface area contributed by atoms with Gasteiger partial charge in [-0.15, -0.1) is 0 Å². The molecule has 0 radical (unpaired) electrons. The molecule has 2 atom stereocenters. The second-order valence-electron chi connectivity index (χ2n) is 5.18. The van der Waals surface area contributed by atoms with Crippen molar-refractivity contribution in [1.29, 1.82) is 0 Å². The van der Waals surface area contributed by atoms with Crippen LogP contribution in [0.15, 0.2) is 54.6 Å². The van der Waals surface area contributed by atoms with Crippen LogP contribution in [0.3, 0.4) is 0 Å². The van der Waals surface area contributed by atoms with Gasteiger partial charge in [-0.05, 0) is 42.7 Å². The first kappa shape index (κ1) is 15.5. The Balaban J connectivity index is 2.19. The number of benzene rings is 2. The summed E-state index contributed by atoms with van der Waals surface area (Å²) in [6, 6.07) is 17.7. The number of rotatable bonds is 7. The molecule has 0 aliphatic heterocycles. The predicted molar refractivity (Wildman–Crippen MR) is 85.7 cm³/mol. The molecule has 2 unspecified atom stereocenters. The third kappa shape index (κ3) is 4.31. The Morgan fingerprint density at radius 1 is 1.05 bits per heavy atom. The maximum atomic E-state index is 9.26. The van der Waals surface area contributed by atoms with Gasteiger partial charge in [-0.1, -0.05) is 37.3 Å². The fourth-order valence-electron chi connectivity index (χ4n) is 2.48. The number of nitrogens with two attached hydrogens (primary N) is 1. The van der Waals surface area contributed by atoms with Crippen molar-refractivity contribution in [2.45, 2.75) is 31.7 Å². The number of ether oxygens (including phenoxy) is 1. The summed E-state index contributed by atoms with van der Waals surface area (Å²) in [6.45, 7) is 2.21. The van der Waals surface area contributed by atoms with Gasteiger partial charge in [0, 0.05) is 18.6 Å². The molecular weight excluding hydrogens is 262 g/mol. The second-order valence-corrected chi connectivity index (χ2v) is 5.18. The minimum Gasteiger partial charge on any atom is -0.457 e. The summed E-state index contributed by atoms with van der Waals surface area (Å²) in [5, 5.41) is 9.26. The van der Waals surface area contributed by atoms with Crippen LogP contribution in [0.5, 0.6) is 11.5 Å². The van der Waals surface area contributed by atoms with Crippen molar-refractivity contribution in [1.82, 2.24) is 0 Å². The summed E-state index contributed by atoms with van der Waals surface area (Å²) >= 11 is 0. The van der Waals surface area contributed by atoms with Crippen molar-refractivity contribution in [2.24, 2.45) is 5.73 Å². The molecule has 0 spiro atoms. The maximum absolute atomic E-state index is 9.26. The van der Waals surface area contributed by atoms with E-state index in [1.165, 1.54) is 0 Å². The van der Waals surface area contributed by atoms with Crippen molar-refractivity contribution in [3.05, 3.63) is 60.2 Å². The highest BCUT2D eigenvalue weighted by molar-refractivity contribution is 5.35. The summed E-state index contributed by atoms with van der Waals surface area (Å²) in [5.41, 5.74) is 7.30. The van der Waals surface area contributed by atoms with Crippen LogP contribution in [-0.4, -0.2) is 17.8 Å². The third-order valence-corrected chi connectivity index (χ3v) is 3.69. The molecule has 0 aromatic heterocycles. The highest BCUT2D eigenvalue weighted by Gasteiger charge is 2.18. The Kier molecular flexibility index (Phi) is 5.78. The lowest BCUT2D eigenvalue weighted by atomic mass is 9.88. The first-order chi connectivity index (χ1) is 10.2. The van der Waals surface area contributed by atoms with Gasteiger partial charge in [0.1, 0.15) is 11.5 Å². The SMILES string of the molecule is CCC(N)C(CCO)c1cccc(Oc2ccccc2)c1. The van der Waals surface area contributed by atoms with E-state index in [1.54, 1.807) is 0 Å². The highest BCUT2D eigenvalue weighted by Crippen LogP contribution is 2.29. The first-order valence-corrected chi connectivity index (χ1v) is 7.44. The van der Waals surface area contributed by atoms with Crippen molar-refractivity contribution in [2.75, 3.05) is 6.61 Å².